The molecule has 1 fully saturated rings. The Bertz CT molecular complexity index is 474. The van der Waals surface area contributed by atoms with Crippen LogP contribution in [0.1, 0.15) is 25.8 Å². The van der Waals surface area contributed by atoms with Crippen LogP contribution in [-0.4, -0.2) is 30.1 Å². The number of benzene rings is 1. The first-order valence-electron chi connectivity index (χ1n) is 6.64. The van der Waals surface area contributed by atoms with Crippen LogP contribution in [0.15, 0.2) is 18.2 Å². The van der Waals surface area contributed by atoms with Gasteiger partial charge in [0.05, 0.1) is 16.3 Å². The van der Waals surface area contributed by atoms with E-state index in [0.717, 1.165) is 31.6 Å². The molecule has 1 aliphatic heterocycles. The molecule has 1 atom stereocenters. The van der Waals surface area contributed by atoms with Crippen molar-refractivity contribution in [3.8, 4) is 0 Å². The minimum atomic E-state index is -4.36. The normalized spacial score (nSPS) is 20.6. The lowest BCUT2D eigenvalue weighted by atomic mass is 10.1. The molecule has 2 nitrogen and oxygen atoms in total. The lowest BCUT2D eigenvalue weighted by Gasteiger charge is -2.21. The van der Waals surface area contributed by atoms with Gasteiger partial charge in [0, 0.05) is 25.2 Å². The van der Waals surface area contributed by atoms with Crippen molar-refractivity contribution in [3.63, 3.8) is 0 Å². The summed E-state index contributed by atoms with van der Waals surface area (Å²) in [5, 5.41) is 3.35. The van der Waals surface area contributed by atoms with Crippen molar-refractivity contribution in [2.24, 2.45) is 0 Å². The number of halogens is 4. The molecule has 112 valence electrons. The maximum Gasteiger partial charge on any atom is 0.416 e. The first kappa shape index (κ1) is 15.4. The van der Waals surface area contributed by atoms with E-state index in [4.69, 9.17) is 11.6 Å². The first-order valence-corrected chi connectivity index (χ1v) is 7.02. The molecule has 0 aromatic heterocycles. The Labute approximate surface area is 121 Å². The van der Waals surface area contributed by atoms with Crippen molar-refractivity contribution >= 4 is 17.3 Å². The molecule has 0 aliphatic carbocycles. The van der Waals surface area contributed by atoms with Crippen molar-refractivity contribution in [2.75, 3.05) is 18.4 Å². The van der Waals surface area contributed by atoms with E-state index in [0.29, 0.717) is 11.7 Å². The lowest BCUT2D eigenvalue weighted by molar-refractivity contribution is -0.137. The number of likely N-dealkylation sites (tertiary alicyclic amines) is 1. The molecule has 1 aromatic carbocycles. The second-order valence-electron chi connectivity index (χ2n) is 5.41. The third-order valence-electron chi connectivity index (χ3n) is 3.61. The number of alkyl halides is 3. The number of rotatable bonds is 3. The Kier molecular flexibility index (Phi) is 4.49. The summed E-state index contributed by atoms with van der Waals surface area (Å²) in [6, 6.07) is 4.14. The second kappa shape index (κ2) is 5.82. The largest absolute Gasteiger partial charge is 0.416 e. The smallest absolute Gasteiger partial charge is 0.380 e. The van der Waals surface area contributed by atoms with Gasteiger partial charge >= 0.3 is 6.18 Å². The Morgan fingerprint density at radius 3 is 2.55 bits per heavy atom. The van der Waals surface area contributed by atoms with Gasteiger partial charge in [0.15, 0.2) is 0 Å². The molecular formula is C14H18ClF3N2. The molecule has 20 heavy (non-hydrogen) atoms. The van der Waals surface area contributed by atoms with Gasteiger partial charge in [0.25, 0.3) is 0 Å². The van der Waals surface area contributed by atoms with Crippen molar-refractivity contribution < 1.29 is 13.2 Å². The maximum atomic E-state index is 12.6. The summed E-state index contributed by atoms with van der Waals surface area (Å²) in [6.45, 7) is 6.14. The summed E-state index contributed by atoms with van der Waals surface area (Å²) >= 11 is 5.94. The summed E-state index contributed by atoms with van der Waals surface area (Å²) in [4.78, 5) is 2.33. The molecule has 1 N–H and O–H groups in total. The van der Waals surface area contributed by atoms with Crippen LogP contribution >= 0.6 is 11.6 Å². The highest BCUT2D eigenvalue weighted by Gasteiger charge is 2.31. The average Bonchev–Trinajstić information content (AvgIpc) is 2.79. The highest BCUT2D eigenvalue weighted by atomic mass is 35.5. The fraction of sp³-hybridized carbons (Fsp3) is 0.571. The zero-order valence-corrected chi connectivity index (χ0v) is 12.2. The van der Waals surface area contributed by atoms with E-state index in [1.54, 1.807) is 0 Å². The van der Waals surface area contributed by atoms with Crippen LogP contribution in [0.2, 0.25) is 5.02 Å². The standard InChI is InChI=1S/C14H18ClF3N2/c1-9(2)20-6-5-11(8-20)19-13-4-3-10(7-12(13)15)14(16,17)18/h3-4,7,9,11,19H,5-6,8H2,1-2H3. The van der Waals surface area contributed by atoms with Gasteiger partial charge in [-0.3, -0.25) is 4.90 Å². The van der Waals surface area contributed by atoms with Gasteiger partial charge in [-0.25, -0.2) is 0 Å². The van der Waals surface area contributed by atoms with E-state index in [-0.39, 0.29) is 11.1 Å². The summed E-state index contributed by atoms with van der Waals surface area (Å²) < 4.78 is 37.7. The number of anilines is 1. The van der Waals surface area contributed by atoms with E-state index >= 15 is 0 Å². The topological polar surface area (TPSA) is 15.3 Å². The Morgan fingerprint density at radius 2 is 2.05 bits per heavy atom. The van der Waals surface area contributed by atoms with Crippen LogP contribution in [0, 0.1) is 0 Å². The van der Waals surface area contributed by atoms with Gasteiger partial charge in [-0.15, -0.1) is 0 Å². The molecular weight excluding hydrogens is 289 g/mol. The summed E-state index contributed by atoms with van der Waals surface area (Å²) in [6.07, 6.45) is -3.39. The van der Waals surface area contributed by atoms with E-state index in [9.17, 15) is 13.2 Å². The van der Waals surface area contributed by atoms with Gasteiger partial charge in [0.2, 0.25) is 0 Å². The fourth-order valence-corrected chi connectivity index (χ4v) is 2.64. The highest BCUT2D eigenvalue weighted by molar-refractivity contribution is 6.33. The van der Waals surface area contributed by atoms with Crippen LogP contribution in [0.4, 0.5) is 18.9 Å². The summed E-state index contributed by atoms with van der Waals surface area (Å²) in [5.41, 5.74) is -0.154. The van der Waals surface area contributed by atoms with Crippen molar-refractivity contribution in [1.29, 1.82) is 0 Å². The van der Waals surface area contributed by atoms with Crippen molar-refractivity contribution in [1.82, 2.24) is 4.90 Å². The minimum Gasteiger partial charge on any atom is -0.380 e. The SMILES string of the molecule is CC(C)N1CCC(Nc2ccc(C(F)(F)F)cc2Cl)C1. The number of nitrogens with zero attached hydrogens (tertiary/aromatic N) is 1. The zero-order chi connectivity index (χ0) is 14.9. The Morgan fingerprint density at radius 1 is 1.35 bits per heavy atom. The predicted octanol–water partition coefficient (Wildman–Crippen LogP) is 4.25. The second-order valence-corrected chi connectivity index (χ2v) is 5.82. The number of nitrogens with one attached hydrogen (secondary N) is 1. The zero-order valence-electron chi connectivity index (χ0n) is 11.5. The number of hydrogen-bond acceptors (Lipinski definition) is 2. The van der Waals surface area contributed by atoms with E-state index in [1.807, 2.05) is 0 Å². The molecule has 0 radical (unpaired) electrons. The van der Waals surface area contributed by atoms with E-state index in [2.05, 4.69) is 24.1 Å². The fourth-order valence-electron chi connectivity index (χ4n) is 2.40. The quantitative estimate of drug-likeness (QED) is 0.898. The van der Waals surface area contributed by atoms with Crippen molar-refractivity contribution in [3.05, 3.63) is 28.8 Å². The maximum absolute atomic E-state index is 12.6. The van der Waals surface area contributed by atoms with Crippen LogP contribution in [0.5, 0.6) is 0 Å². The Hall–Kier alpha value is -0.940. The van der Waals surface area contributed by atoms with Crippen molar-refractivity contribution in [2.45, 2.75) is 38.5 Å². The molecule has 1 unspecified atom stereocenters. The number of hydrogen-bond donors (Lipinski definition) is 1. The molecule has 1 heterocycles. The molecule has 6 heteroatoms. The van der Waals surface area contributed by atoms with Crippen LogP contribution in [-0.2, 0) is 6.18 Å². The highest BCUT2D eigenvalue weighted by Crippen LogP contribution is 2.34. The van der Waals surface area contributed by atoms with Gasteiger partial charge in [-0.1, -0.05) is 11.6 Å². The first-order chi connectivity index (χ1) is 9.27. The van der Waals surface area contributed by atoms with E-state index < -0.39 is 11.7 Å². The molecule has 0 amide bonds. The van der Waals surface area contributed by atoms with Gasteiger partial charge in [-0.05, 0) is 38.5 Å². The Balaban J connectivity index is 2.04. The van der Waals surface area contributed by atoms with Gasteiger partial charge in [-0.2, -0.15) is 13.2 Å². The van der Waals surface area contributed by atoms with Crippen LogP contribution in [0.3, 0.4) is 0 Å². The monoisotopic (exact) mass is 306 g/mol. The molecule has 1 aromatic rings. The molecule has 0 saturated carbocycles. The molecule has 0 spiro atoms. The van der Waals surface area contributed by atoms with E-state index in [1.165, 1.54) is 6.07 Å². The predicted molar refractivity (Wildman–Crippen MR) is 75.2 cm³/mol. The minimum absolute atomic E-state index is 0.114. The summed E-state index contributed by atoms with van der Waals surface area (Å²) in [5.74, 6) is 0. The molecule has 2 rings (SSSR count). The van der Waals surface area contributed by atoms with Gasteiger partial charge < -0.3 is 5.32 Å². The molecule has 1 saturated heterocycles. The van der Waals surface area contributed by atoms with Crippen LogP contribution < -0.4 is 5.32 Å². The lowest BCUT2D eigenvalue weighted by Crippen LogP contribution is -2.31. The molecule has 0 bridgehead atoms. The van der Waals surface area contributed by atoms with Gasteiger partial charge in [0.1, 0.15) is 0 Å². The average molecular weight is 307 g/mol. The third kappa shape index (κ3) is 3.58. The van der Waals surface area contributed by atoms with Crippen LogP contribution in [0.25, 0.3) is 0 Å². The molecule has 1 aliphatic rings. The summed E-state index contributed by atoms with van der Waals surface area (Å²) in [7, 11) is 0. The third-order valence-corrected chi connectivity index (χ3v) is 3.92.